The molecule has 0 aliphatic rings. The summed E-state index contributed by atoms with van der Waals surface area (Å²) in [6, 6.07) is 24.4. The Morgan fingerprint density at radius 2 is 1.78 bits per heavy atom. The van der Waals surface area contributed by atoms with Gasteiger partial charge in [0.2, 0.25) is 0 Å². The second kappa shape index (κ2) is 9.62. The van der Waals surface area contributed by atoms with Gasteiger partial charge in [-0.3, -0.25) is 4.79 Å². The van der Waals surface area contributed by atoms with Crippen LogP contribution in [0.15, 0.2) is 84.0 Å². The fraction of sp³-hybridized carbons (Fsp3) is 0.115. The number of para-hydroxylation sites is 1. The number of benzene rings is 3. The van der Waals surface area contributed by atoms with Gasteiger partial charge in [0, 0.05) is 21.5 Å². The lowest BCUT2D eigenvalue weighted by molar-refractivity contribution is 0.0956. The van der Waals surface area contributed by atoms with Gasteiger partial charge in [-0.25, -0.2) is 10.4 Å². The predicted octanol–water partition coefficient (Wildman–Crippen LogP) is 6.11. The normalized spacial score (nSPS) is 11.2. The van der Waals surface area contributed by atoms with Crippen molar-refractivity contribution in [2.75, 3.05) is 0 Å². The third-order valence-corrected chi connectivity index (χ3v) is 4.97. The number of fused-ring (bicyclic) bond motifs is 1. The van der Waals surface area contributed by atoms with Gasteiger partial charge in [-0.05, 0) is 44.2 Å². The monoisotopic (exact) mass is 443 g/mol. The zero-order valence-corrected chi connectivity index (χ0v) is 18.5. The second-order valence-corrected chi connectivity index (χ2v) is 7.92. The van der Waals surface area contributed by atoms with Gasteiger partial charge in [0.25, 0.3) is 5.91 Å². The number of hydrogen-bond donors (Lipinski definition) is 1. The molecule has 0 aliphatic carbocycles. The van der Waals surface area contributed by atoms with E-state index in [-0.39, 0.29) is 12.0 Å². The molecule has 4 aromatic rings. The number of hydrogen-bond acceptors (Lipinski definition) is 4. The smallest absolute Gasteiger partial charge is 0.272 e. The molecule has 1 heterocycles. The van der Waals surface area contributed by atoms with Gasteiger partial charge in [-0.15, -0.1) is 0 Å². The molecular weight excluding hydrogens is 422 g/mol. The van der Waals surface area contributed by atoms with Gasteiger partial charge in [0.15, 0.2) is 0 Å². The Hall–Kier alpha value is -3.70. The Morgan fingerprint density at radius 3 is 2.56 bits per heavy atom. The molecule has 0 aliphatic heterocycles. The van der Waals surface area contributed by atoms with E-state index in [0.717, 1.165) is 22.2 Å². The lowest BCUT2D eigenvalue weighted by Crippen LogP contribution is -2.18. The Labute approximate surface area is 191 Å². The molecule has 5 nitrogen and oxygen atoms in total. The highest BCUT2D eigenvalue weighted by Crippen LogP contribution is 2.25. The van der Waals surface area contributed by atoms with E-state index in [1.165, 1.54) is 6.21 Å². The molecule has 3 aromatic carbocycles. The maximum Gasteiger partial charge on any atom is 0.272 e. The van der Waals surface area contributed by atoms with Crippen LogP contribution in [0, 0.1) is 0 Å². The van der Waals surface area contributed by atoms with E-state index >= 15 is 0 Å². The van der Waals surface area contributed by atoms with Crippen LogP contribution in [-0.2, 0) is 0 Å². The van der Waals surface area contributed by atoms with Crippen molar-refractivity contribution in [1.29, 1.82) is 0 Å². The summed E-state index contributed by atoms with van der Waals surface area (Å²) in [5.74, 6) is 0.313. The Balaban J connectivity index is 1.64. The van der Waals surface area contributed by atoms with Crippen molar-refractivity contribution in [1.82, 2.24) is 10.4 Å². The fourth-order valence-electron chi connectivity index (χ4n) is 3.32. The first kappa shape index (κ1) is 21.5. The van der Waals surface area contributed by atoms with Crippen molar-refractivity contribution in [2.24, 2.45) is 5.10 Å². The molecule has 0 radical (unpaired) electrons. The number of carbonyl (C=O) groups excluding carboxylic acids is 1. The summed E-state index contributed by atoms with van der Waals surface area (Å²) in [4.78, 5) is 17.8. The van der Waals surface area contributed by atoms with Gasteiger partial charge in [-0.1, -0.05) is 60.1 Å². The molecule has 0 unspecified atom stereocenters. The van der Waals surface area contributed by atoms with E-state index in [2.05, 4.69) is 10.5 Å². The molecule has 0 fully saturated rings. The summed E-state index contributed by atoms with van der Waals surface area (Å²) in [5, 5.41) is 5.47. The number of aromatic nitrogens is 1. The number of halogens is 1. The van der Waals surface area contributed by atoms with E-state index in [0.29, 0.717) is 21.9 Å². The van der Waals surface area contributed by atoms with Gasteiger partial charge < -0.3 is 4.74 Å². The van der Waals surface area contributed by atoms with Gasteiger partial charge >= 0.3 is 0 Å². The third kappa shape index (κ3) is 4.95. The molecule has 1 N–H and O–H groups in total. The highest BCUT2D eigenvalue weighted by atomic mass is 35.5. The fourth-order valence-corrected chi connectivity index (χ4v) is 3.50. The van der Waals surface area contributed by atoms with E-state index in [4.69, 9.17) is 21.3 Å². The number of pyridine rings is 1. The molecule has 160 valence electrons. The van der Waals surface area contributed by atoms with E-state index < -0.39 is 0 Å². The predicted molar refractivity (Wildman–Crippen MR) is 129 cm³/mol. The zero-order valence-electron chi connectivity index (χ0n) is 17.7. The highest BCUT2D eigenvalue weighted by molar-refractivity contribution is 6.30. The van der Waals surface area contributed by atoms with E-state index in [1.54, 1.807) is 24.3 Å². The molecule has 0 saturated carbocycles. The number of nitrogens with zero attached hydrogens (tertiary/aromatic N) is 2. The molecule has 1 aromatic heterocycles. The molecule has 4 rings (SSSR count). The summed E-state index contributed by atoms with van der Waals surface area (Å²) in [6.45, 7) is 3.88. The Morgan fingerprint density at radius 1 is 1.03 bits per heavy atom. The Kier molecular flexibility index (Phi) is 6.47. The second-order valence-electron chi connectivity index (χ2n) is 7.49. The molecule has 0 saturated heterocycles. The first-order valence-corrected chi connectivity index (χ1v) is 10.6. The Bertz CT molecular complexity index is 1290. The summed E-state index contributed by atoms with van der Waals surface area (Å²) in [6.07, 6.45) is 1.53. The number of rotatable bonds is 6. The minimum Gasteiger partial charge on any atom is -0.490 e. The van der Waals surface area contributed by atoms with Gasteiger partial charge in [-0.2, -0.15) is 5.10 Å². The van der Waals surface area contributed by atoms with Gasteiger partial charge in [0.1, 0.15) is 5.75 Å². The van der Waals surface area contributed by atoms with Crippen molar-refractivity contribution in [3.63, 3.8) is 0 Å². The number of amides is 1. The van der Waals surface area contributed by atoms with Crippen LogP contribution < -0.4 is 10.2 Å². The third-order valence-electron chi connectivity index (χ3n) is 4.73. The maximum absolute atomic E-state index is 13.1. The lowest BCUT2D eigenvalue weighted by atomic mass is 10.0. The molecule has 6 heteroatoms. The van der Waals surface area contributed by atoms with E-state index in [9.17, 15) is 4.79 Å². The van der Waals surface area contributed by atoms with E-state index in [1.807, 2.05) is 68.4 Å². The van der Waals surface area contributed by atoms with Crippen LogP contribution >= 0.6 is 11.6 Å². The highest BCUT2D eigenvalue weighted by Gasteiger charge is 2.13. The molecule has 1 amide bonds. The zero-order chi connectivity index (χ0) is 22.5. The molecule has 0 spiro atoms. The number of carbonyl (C=O) groups is 1. The summed E-state index contributed by atoms with van der Waals surface area (Å²) < 4.78 is 5.79. The van der Waals surface area contributed by atoms with Crippen molar-refractivity contribution in [2.45, 2.75) is 20.0 Å². The molecule has 32 heavy (non-hydrogen) atoms. The van der Waals surface area contributed by atoms with Crippen molar-refractivity contribution >= 4 is 34.6 Å². The first-order valence-electron chi connectivity index (χ1n) is 10.3. The summed E-state index contributed by atoms with van der Waals surface area (Å²) in [5.41, 5.74) is 6.20. The maximum atomic E-state index is 13.1. The SMILES string of the molecule is CC(C)Oc1ccc(Cl)cc1/C=N\NC(=O)c1cc(-c2ccccc2)nc2ccccc12. The van der Waals surface area contributed by atoms with Crippen LogP contribution in [0.25, 0.3) is 22.2 Å². The molecule has 0 bridgehead atoms. The molecular formula is C26H22ClN3O2. The largest absolute Gasteiger partial charge is 0.490 e. The van der Waals surface area contributed by atoms with Crippen LogP contribution in [0.4, 0.5) is 0 Å². The topological polar surface area (TPSA) is 63.6 Å². The standard InChI is InChI=1S/C26H22ClN3O2/c1-17(2)32-25-13-12-20(27)14-19(25)16-28-30-26(31)22-15-24(18-8-4-3-5-9-18)29-23-11-7-6-10-21(22)23/h3-17H,1-2H3,(H,30,31)/b28-16-. The van der Waals surface area contributed by atoms with Crippen LogP contribution in [0.3, 0.4) is 0 Å². The summed E-state index contributed by atoms with van der Waals surface area (Å²) in [7, 11) is 0. The number of ether oxygens (including phenoxy) is 1. The van der Waals surface area contributed by atoms with Gasteiger partial charge in [0.05, 0.1) is 29.1 Å². The van der Waals surface area contributed by atoms with Crippen LogP contribution in [0.1, 0.15) is 29.8 Å². The first-order chi connectivity index (χ1) is 15.5. The van der Waals surface area contributed by atoms with Crippen LogP contribution in [0.2, 0.25) is 5.02 Å². The number of nitrogens with one attached hydrogen (secondary N) is 1. The average molecular weight is 444 g/mol. The van der Waals surface area contributed by atoms with Crippen LogP contribution in [0.5, 0.6) is 5.75 Å². The quantitative estimate of drug-likeness (QED) is 0.289. The minimum atomic E-state index is -0.328. The van der Waals surface area contributed by atoms with Crippen molar-refractivity contribution < 1.29 is 9.53 Å². The van der Waals surface area contributed by atoms with Crippen molar-refractivity contribution in [3.05, 3.63) is 95.0 Å². The average Bonchev–Trinajstić information content (AvgIpc) is 2.80. The number of hydrazone groups is 1. The van der Waals surface area contributed by atoms with Crippen molar-refractivity contribution in [3.8, 4) is 17.0 Å². The van der Waals surface area contributed by atoms with Crippen LogP contribution in [-0.4, -0.2) is 23.2 Å². The summed E-state index contributed by atoms with van der Waals surface area (Å²) >= 11 is 6.12. The lowest BCUT2D eigenvalue weighted by Gasteiger charge is -2.12. The minimum absolute atomic E-state index is 0.00231. The molecule has 0 atom stereocenters.